The molecule has 1 aromatic heterocycles. The van der Waals surface area contributed by atoms with Gasteiger partial charge in [0.05, 0.1) is 5.92 Å². The SMILES string of the molecule is CNC(=O)C1CN(C)CCN(c2ccnc(C)n2)C1. The predicted molar refractivity (Wildman–Crippen MR) is 74.0 cm³/mol. The molecule has 2 rings (SSSR count). The van der Waals surface area contributed by atoms with E-state index in [0.29, 0.717) is 6.54 Å². The van der Waals surface area contributed by atoms with Gasteiger partial charge < -0.3 is 15.1 Å². The van der Waals surface area contributed by atoms with Crippen molar-refractivity contribution in [3.05, 3.63) is 18.1 Å². The summed E-state index contributed by atoms with van der Waals surface area (Å²) in [5, 5.41) is 2.74. The molecule has 6 nitrogen and oxygen atoms in total. The van der Waals surface area contributed by atoms with Crippen LogP contribution in [0.4, 0.5) is 5.82 Å². The summed E-state index contributed by atoms with van der Waals surface area (Å²) < 4.78 is 0. The number of aromatic nitrogens is 2. The molecular weight excluding hydrogens is 242 g/mol. The number of nitrogens with zero attached hydrogens (tertiary/aromatic N) is 4. The molecule has 0 saturated carbocycles. The van der Waals surface area contributed by atoms with Gasteiger partial charge in [-0.3, -0.25) is 4.79 Å². The predicted octanol–water partition coefficient (Wildman–Crippen LogP) is -0.101. The molecule has 1 aliphatic rings. The minimum atomic E-state index is -0.0345. The van der Waals surface area contributed by atoms with E-state index >= 15 is 0 Å². The van der Waals surface area contributed by atoms with Gasteiger partial charge in [-0.15, -0.1) is 0 Å². The van der Waals surface area contributed by atoms with Crippen molar-refractivity contribution < 1.29 is 4.79 Å². The molecule has 0 aromatic carbocycles. The molecule has 0 radical (unpaired) electrons. The third-order valence-corrected chi connectivity index (χ3v) is 3.43. The number of anilines is 1. The monoisotopic (exact) mass is 263 g/mol. The van der Waals surface area contributed by atoms with E-state index in [-0.39, 0.29) is 11.8 Å². The highest BCUT2D eigenvalue weighted by molar-refractivity contribution is 5.79. The molecule has 2 heterocycles. The zero-order valence-electron chi connectivity index (χ0n) is 11.8. The normalized spacial score (nSPS) is 21.0. The van der Waals surface area contributed by atoms with Crippen LogP contribution in [0.25, 0.3) is 0 Å². The molecule has 1 fully saturated rings. The Labute approximate surface area is 113 Å². The maximum absolute atomic E-state index is 11.9. The number of hydrogen-bond donors (Lipinski definition) is 1. The lowest BCUT2D eigenvalue weighted by atomic mass is 10.1. The van der Waals surface area contributed by atoms with Gasteiger partial charge in [0.1, 0.15) is 11.6 Å². The van der Waals surface area contributed by atoms with Gasteiger partial charge in [-0.1, -0.05) is 0 Å². The number of amides is 1. The van der Waals surface area contributed by atoms with E-state index in [9.17, 15) is 4.79 Å². The third kappa shape index (κ3) is 3.41. The molecule has 1 saturated heterocycles. The van der Waals surface area contributed by atoms with E-state index in [1.165, 1.54) is 0 Å². The fourth-order valence-electron chi connectivity index (χ4n) is 2.37. The minimum Gasteiger partial charge on any atom is -0.359 e. The zero-order valence-corrected chi connectivity index (χ0v) is 11.8. The van der Waals surface area contributed by atoms with Crippen molar-refractivity contribution in [1.29, 1.82) is 0 Å². The Hall–Kier alpha value is -1.69. The summed E-state index contributed by atoms with van der Waals surface area (Å²) >= 11 is 0. The number of likely N-dealkylation sites (N-methyl/N-ethyl adjacent to an activating group) is 1. The van der Waals surface area contributed by atoms with E-state index in [0.717, 1.165) is 31.3 Å². The summed E-state index contributed by atoms with van der Waals surface area (Å²) in [6.07, 6.45) is 1.77. The van der Waals surface area contributed by atoms with Crippen LogP contribution >= 0.6 is 0 Å². The number of nitrogens with one attached hydrogen (secondary N) is 1. The molecule has 6 heteroatoms. The lowest BCUT2D eigenvalue weighted by molar-refractivity contribution is -0.124. The molecule has 1 atom stereocenters. The van der Waals surface area contributed by atoms with Gasteiger partial charge in [0.25, 0.3) is 0 Å². The van der Waals surface area contributed by atoms with Gasteiger partial charge in [0.2, 0.25) is 5.91 Å². The Morgan fingerprint density at radius 2 is 2.21 bits per heavy atom. The van der Waals surface area contributed by atoms with Gasteiger partial charge in [-0.2, -0.15) is 0 Å². The van der Waals surface area contributed by atoms with Gasteiger partial charge in [-0.05, 0) is 20.0 Å². The van der Waals surface area contributed by atoms with E-state index in [2.05, 4.69) is 25.1 Å². The van der Waals surface area contributed by atoms with Crippen LogP contribution in [0.15, 0.2) is 12.3 Å². The molecule has 1 aliphatic heterocycles. The van der Waals surface area contributed by atoms with E-state index in [1.807, 2.05) is 20.0 Å². The van der Waals surface area contributed by atoms with Crippen molar-refractivity contribution >= 4 is 11.7 Å². The summed E-state index contributed by atoms with van der Waals surface area (Å²) in [6, 6.07) is 1.90. The first-order chi connectivity index (χ1) is 9.10. The fourth-order valence-corrected chi connectivity index (χ4v) is 2.37. The molecule has 0 aliphatic carbocycles. The molecule has 19 heavy (non-hydrogen) atoms. The van der Waals surface area contributed by atoms with Crippen LogP contribution in [-0.2, 0) is 4.79 Å². The number of carbonyl (C=O) groups excluding carboxylic acids is 1. The van der Waals surface area contributed by atoms with E-state index in [4.69, 9.17) is 0 Å². The Kier molecular flexibility index (Phi) is 4.31. The topological polar surface area (TPSA) is 61.4 Å². The van der Waals surface area contributed by atoms with Crippen molar-refractivity contribution in [2.24, 2.45) is 5.92 Å². The van der Waals surface area contributed by atoms with E-state index < -0.39 is 0 Å². The highest BCUT2D eigenvalue weighted by atomic mass is 16.1. The highest BCUT2D eigenvalue weighted by Crippen LogP contribution is 2.16. The molecule has 1 aromatic rings. The van der Waals surface area contributed by atoms with Gasteiger partial charge in [0, 0.05) is 39.4 Å². The average Bonchev–Trinajstić information content (AvgIpc) is 2.60. The van der Waals surface area contributed by atoms with Crippen LogP contribution < -0.4 is 10.2 Å². The molecule has 1 unspecified atom stereocenters. The van der Waals surface area contributed by atoms with Gasteiger partial charge in [-0.25, -0.2) is 9.97 Å². The fraction of sp³-hybridized carbons (Fsp3) is 0.615. The highest BCUT2D eigenvalue weighted by Gasteiger charge is 2.26. The van der Waals surface area contributed by atoms with Crippen LogP contribution in [0.2, 0.25) is 0 Å². The summed E-state index contributed by atoms with van der Waals surface area (Å²) in [5.74, 6) is 1.71. The van der Waals surface area contributed by atoms with Gasteiger partial charge in [0.15, 0.2) is 0 Å². The lowest BCUT2D eigenvalue weighted by Crippen LogP contribution is -2.39. The molecular formula is C13H21N5O. The zero-order chi connectivity index (χ0) is 13.8. The summed E-state index contributed by atoms with van der Waals surface area (Å²) in [5.41, 5.74) is 0. The Bertz CT molecular complexity index is 450. The number of carbonyl (C=O) groups is 1. The average molecular weight is 263 g/mol. The quantitative estimate of drug-likeness (QED) is 0.807. The standard InChI is InChI=1S/C13H21N5O/c1-10-15-5-4-12(16-10)18-7-6-17(3)8-11(9-18)13(19)14-2/h4-5,11H,6-9H2,1-3H3,(H,14,19). The first-order valence-electron chi connectivity index (χ1n) is 6.55. The number of hydrogen-bond acceptors (Lipinski definition) is 5. The molecule has 1 amide bonds. The summed E-state index contributed by atoms with van der Waals surface area (Å²) in [6.45, 7) is 5.15. The maximum atomic E-state index is 11.9. The second-order valence-corrected chi connectivity index (χ2v) is 4.98. The lowest BCUT2D eigenvalue weighted by Gasteiger charge is -2.24. The van der Waals surface area contributed by atoms with Crippen molar-refractivity contribution in [2.75, 3.05) is 45.2 Å². The Balaban J connectivity index is 2.18. The van der Waals surface area contributed by atoms with Crippen molar-refractivity contribution in [2.45, 2.75) is 6.92 Å². The Morgan fingerprint density at radius 1 is 1.42 bits per heavy atom. The second kappa shape index (κ2) is 5.97. The van der Waals surface area contributed by atoms with Crippen LogP contribution in [0.1, 0.15) is 5.82 Å². The van der Waals surface area contributed by atoms with Crippen molar-refractivity contribution in [3.63, 3.8) is 0 Å². The second-order valence-electron chi connectivity index (χ2n) is 4.98. The van der Waals surface area contributed by atoms with Crippen molar-refractivity contribution in [3.8, 4) is 0 Å². The number of aryl methyl sites for hydroxylation is 1. The molecule has 1 N–H and O–H groups in total. The maximum Gasteiger partial charge on any atom is 0.225 e. The Morgan fingerprint density at radius 3 is 2.89 bits per heavy atom. The molecule has 104 valence electrons. The van der Waals surface area contributed by atoms with Crippen LogP contribution in [-0.4, -0.2) is 61.0 Å². The van der Waals surface area contributed by atoms with Crippen LogP contribution in [0.5, 0.6) is 0 Å². The van der Waals surface area contributed by atoms with Crippen molar-refractivity contribution in [1.82, 2.24) is 20.2 Å². The van der Waals surface area contributed by atoms with E-state index in [1.54, 1.807) is 13.2 Å². The third-order valence-electron chi connectivity index (χ3n) is 3.43. The summed E-state index contributed by atoms with van der Waals surface area (Å²) in [7, 11) is 3.73. The molecule has 0 bridgehead atoms. The largest absolute Gasteiger partial charge is 0.359 e. The smallest absolute Gasteiger partial charge is 0.225 e. The van der Waals surface area contributed by atoms with Crippen LogP contribution in [0.3, 0.4) is 0 Å². The summed E-state index contributed by atoms with van der Waals surface area (Å²) in [4.78, 5) is 24.8. The molecule has 0 spiro atoms. The number of rotatable bonds is 2. The first kappa shape index (κ1) is 13.7. The van der Waals surface area contributed by atoms with Crippen LogP contribution in [0, 0.1) is 12.8 Å². The first-order valence-corrected chi connectivity index (χ1v) is 6.55. The minimum absolute atomic E-state index is 0.0345. The van der Waals surface area contributed by atoms with Gasteiger partial charge >= 0.3 is 0 Å².